The number of hydrogen-bond donors (Lipinski definition) is 3. The molecule has 0 atom stereocenters. The van der Waals surface area contributed by atoms with Crippen LogP contribution in [0.3, 0.4) is 0 Å². The fourth-order valence-electron chi connectivity index (χ4n) is 2.20. The van der Waals surface area contributed by atoms with Crippen LogP contribution in [-0.2, 0) is 11.2 Å². The number of nitrogens with zero attached hydrogens (tertiary/aromatic N) is 1. The van der Waals surface area contributed by atoms with Crippen LogP contribution in [0.4, 0.5) is 0 Å². The maximum Gasteiger partial charge on any atom is 0.305 e. The van der Waals surface area contributed by atoms with Gasteiger partial charge in [0.2, 0.25) is 0 Å². The van der Waals surface area contributed by atoms with Crippen molar-refractivity contribution in [2.75, 3.05) is 6.54 Å². The number of thiazole rings is 1. The second kappa shape index (κ2) is 5.66. The molecule has 0 saturated heterocycles. The Balaban J connectivity index is 2.00. The first-order valence-corrected chi connectivity index (χ1v) is 7.11. The van der Waals surface area contributed by atoms with Gasteiger partial charge in [-0.25, -0.2) is 4.98 Å². The summed E-state index contributed by atoms with van der Waals surface area (Å²) in [6, 6.07) is 0. The number of aliphatic carboxylic acids is 1. The van der Waals surface area contributed by atoms with E-state index in [1.54, 1.807) is 5.38 Å². The molecule has 0 aromatic carbocycles. The molecule has 7 heteroatoms. The third kappa shape index (κ3) is 3.30. The van der Waals surface area contributed by atoms with E-state index in [-0.39, 0.29) is 12.3 Å². The summed E-state index contributed by atoms with van der Waals surface area (Å²) in [5.41, 5.74) is 5.20. The third-order valence-corrected chi connectivity index (χ3v) is 4.23. The Hall–Kier alpha value is -1.47. The van der Waals surface area contributed by atoms with Gasteiger partial charge in [-0.05, 0) is 25.8 Å². The Morgan fingerprint density at radius 1 is 1.53 bits per heavy atom. The molecule has 1 aromatic rings. The largest absolute Gasteiger partial charge is 0.481 e. The molecule has 19 heavy (non-hydrogen) atoms. The standard InChI is InChI=1S/C12H17N3O3S/c13-5-2-9-14-8(7-19-9)11(18)15-12(3-1-4-12)6-10(16)17/h7H,1-6,13H2,(H,15,18)(H,16,17). The van der Waals surface area contributed by atoms with Gasteiger partial charge in [-0.1, -0.05) is 0 Å². The van der Waals surface area contributed by atoms with Crippen LogP contribution in [0.15, 0.2) is 5.38 Å². The minimum atomic E-state index is -0.887. The van der Waals surface area contributed by atoms with Crippen molar-refractivity contribution >= 4 is 23.2 Å². The van der Waals surface area contributed by atoms with Crippen LogP contribution >= 0.6 is 11.3 Å². The van der Waals surface area contributed by atoms with Gasteiger partial charge < -0.3 is 16.2 Å². The predicted molar refractivity (Wildman–Crippen MR) is 71.2 cm³/mol. The number of aromatic nitrogens is 1. The fourth-order valence-corrected chi connectivity index (χ4v) is 2.99. The Morgan fingerprint density at radius 2 is 2.26 bits per heavy atom. The number of carboxylic acid groups (broad SMARTS) is 1. The van der Waals surface area contributed by atoms with Crippen molar-refractivity contribution in [3.63, 3.8) is 0 Å². The summed E-state index contributed by atoms with van der Waals surface area (Å²) in [5, 5.41) is 14.2. The lowest BCUT2D eigenvalue weighted by molar-refractivity contribution is -0.139. The number of carbonyl (C=O) groups is 2. The van der Waals surface area contributed by atoms with E-state index in [9.17, 15) is 9.59 Å². The van der Waals surface area contributed by atoms with Crippen LogP contribution in [0.2, 0.25) is 0 Å². The molecular formula is C12H17N3O3S. The van der Waals surface area contributed by atoms with E-state index >= 15 is 0 Å². The zero-order chi connectivity index (χ0) is 13.9. The SMILES string of the molecule is NCCc1nc(C(=O)NC2(CC(=O)O)CCC2)cs1. The lowest BCUT2D eigenvalue weighted by Crippen LogP contribution is -2.54. The molecule has 2 rings (SSSR count). The molecule has 0 unspecified atom stereocenters. The molecule has 0 radical (unpaired) electrons. The zero-order valence-electron chi connectivity index (χ0n) is 10.5. The quantitative estimate of drug-likeness (QED) is 0.715. The summed E-state index contributed by atoms with van der Waals surface area (Å²) in [7, 11) is 0. The van der Waals surface area contributed by atoms with E-state index in [1.165, 1.54) is 11.3 Å². The number of amides is 1. The van der Waals surface area contributed by atoms with Crippen LogP contribution in [0.5, 0.6) is 0 Å². The van der Waals surface area contributed by atoms with E-state index in [0.717, 1.165) is 11.4 Å². The average Bonchev–Trinajstić information content (AvgIpc) is 2.74. The lowest BCUT2D eigenvalue weighted by atomic mass is 9.74. The van der Waals surface area contributed by atoms with E-state index in [0.29, 0.717) is 31.5 Å². The molecule has 104 valence electrons. The number of rotatable bonds is 6. The van der Waals surface area contributed by atoms with Crippen molar-refractivity contribution in [1.82, 2.24) is 10.3 Å². The number of nitrogens with one attached hydrogen (secondary N) is 1. The van der Waals surface area contributed by atoms with E-state index in [2.05, 4.69) is 10.3 Å². The Morgan fingerprint density at radius 3 is 2.79 bits per heavy atom. The van der Waals surface area contributed by atoms with Gasteiger partial charge in [0.25, 0.3) is 5.91 Å². The highest BCUT2D eigenvalue weighted by Gasteiger charge is 2.40. The molecule has 0 aliphatic heterocycles. The molecule has 1 aliphatic carbocycles. The normalized spacial score (nSPS) is 16.7. The molecule has 4 N–H and O–H groups in total. The van der Waals surface area contributed by atoms with Crippen molar-refractivity contribution in [3.8, 4) is 0 Å². The van der Waals surface area contributed by atoms with E-state index in [1.807, 2.05) is 0 Å². The van der Waals surface area contributed by atoms with Crippen molar-refractivity contribution in [1.29, 1.82) is 0 Å². The van der Waals surface area contributed by atoms with Gasteiger partial charge in [-0.15, -0.1) is 11.3 Å². The van der Waals surface area contributed by atoms with Crippen molar-refractivity contribution in [2.45, 2.75) is 37.6 Å². The molecule has 1 amide bonds. The molecule has 1 heterocycles. The Bertz CT molecular complexity index is 482. The first-order chi connectivity index (χ1) is 9.04. The second-order valence-corrected chi connectivity index (χ2v) is 5.77. The third-order valence-electron chi connectivity index (χ3n) is 3.32. The van der Waals surface area contributed by atoms with Gasteiger partial charge in [-0.3, -0.25) is 9.59 Å². The summed E-state index contributed by atoms with van der Waals surface area (Å²) in [6.07, 6.45) is 3.00. The lowest BCUT2D eigenvalue weighted by Gasteiger charge is -2.41. The summed E-state index contributed by atoms with van der Waals surface area (Å²) >= 11 is 1.40. The fraction of sp³-hybridized carbons (Fsp3) is 0.583. The van der Waals surface area contributed by atoms with Crippen LogP contribution in [-0.4, -0.2) is 34.1 Å². The van der Waals surface area contributed by atoms with E-state index in [4.69, 9.17) is 10.8 Å². The molecule has 1 aromatic heterocycles. The minimum Gasteiger partial charge on any atom is -0.481 e. The smallest absolute Gasteiger partial charge is 0.305 e. The molecular weight excluding hydrogens is 266 g/mol. The molecule has 0 spiro atoms. The first-order valence-electron chi connectivity index (χ1n) is 6.23. The summed E-state index contributed by atoms with van der Waals surface area (Å²) in [5.74, 6) is -1.18. The predicted octanol–water partition coefficient (Wildman–Crippen LogP) is 0.771. The molecule has 0 bridgehead atoms. The number of nitrogens with two attached hydrogens (primary N) is 1. The highest BCUT2D eigenvalue weighted by Crippen LogP contribution is 2.35. The average molecular weight is 283 g/mol. The van der Waals surface area contributed by atoms with Crippen molar-refractivity contribution in [2.24, 2.45) is 5.73 Å². The topological polar surface area (TPSA) is 105 Å². The Labute approximate surface area is 115 Å². The van der Waals surface area contributed by atoms with E-state index < -0.39 is 11.5 Å². The summed E-state index contributed by atoms with van der Waals surface area (Å²) in [6.45, 7) is 0.498. The van der Waals surface area contributed by atoms with Crippen LogP contribution < -0.4 is 11.1 Å². The van der Waals surface area contributed by atoms with Crippen LogP contribution in [0.25, 0.3) is 0 Å². The molecule has 1 fully saturated rings. The maximum absolute atomic E-state index is 12.1. The number of hydrogen-bond acceptors (Lipinski definition) is 5. The van der Waals surface area contributed by atoms with Crippen LogP contribution in [0.1, 0.15) is 41.2 Å². The molecule has 1 saturated carbocycles. The van der Waals surface area contributed by atoms with Crippen molar-refractivity contribution < 1.29 is 14.7 Å². The van der Waals surface area contributed by atoms with Gasteiger partial charge in [0, 0.05) is 11.8 Å². The first kappa shape index (κ1) is 14.0. The van der Waals surface area contributed by atoms with Gasteiger partial charge in [0.05, 0.1) is 17.0 Å². The highest BCUT2D eigenvalue weighted by atomic mass is 32.1. The monoisotopic (exact) mass is 283 g/mol. The summed E-state index contributed by atoms with van der Waals surface area (Å²) in [4.78, 5) is 27.1. The zero-order valence-corrected chi connectivity index (χ0v) is 11.3. The summed E-state index contributed by atoms with van der Waals surface area (Å²) < 4.78 is 0. The van der Waals surface area contributed by atoms with Gasteiger partial charge in [-0.2, -0.15) is 0 Å². The number of carboxylic acids is 1. The second-order valence-electron chi connectivity index (χ2n) is 4.82. The number of carbonyl (C=O) groups excluding carboxylic acids is 1. The van der Waals surface area contributed by atoms with Gasteiger partial charge in [0.1, 0.15) is 5.69 Å². The Kier molecular flexibility index (Phi) is 4.16. The van der Waals surface area contributed by atoms with Gasteiger partial charge in [0.15, 0.2) is 0 Å². The molecule has 6 nitrogen and oxygen atoms in total. The van der Waals surface area contributed by atoms with Gasteiger partial charge >= 0.3 is 5.97 Å². The van der Waals surface area contributed by atoms with Crippen LogP contribution in [0, 0.1) is 0 Å². The minimum absolute atomic E-state index is 0.0292. The molecule has 1 aliphatic rings. The maximum atomic E-state index is 12.1. The van der Waals surface area contributed by atoms with Crippen molar-refractivity contribution in [3.05, 3.63) is 16.1 Å². The highest BCUT2D eigenvalue weighted by molar-refractivity contribution is 7.09.